The second kappa shape index (κ2) is 6.40. The molecular formula is C6H14O2PZn+. The van der Waals surface area contributed by atoms with Gasteiger partial charge in [-0.25, -0.2) is 0 Å². The molecule has 4 heteroatoms. The Labute approximate surface area is 76.4 Å². The largest absolute Gasteiger partial charge is 0.510 e. The molecule has 0 rings (SSSR count). The predicted octanol–water partition coefficient (Wildman–Crippen LogP) is 2.56. The molecule has 2 nitrogen and oxygen atoms in total. The Bertz CT molecular complexity index is 104. The second-order valence-electron chi connectivity index (χ2n) is 2.53. The Hall–Kier alpha value is 0.683. The fourth-order valence-corrected chi connectivity index (χ4v) is 0.988. The molecule has 0 aliphatic rings. The van der Waals surface area contributed by atoms with Gasteiger partial charge in [-0.15, -0.1) is 4.52 Å². The van der Waals surface area contributed by atoms with Gasteiger partial charge in [0.05, 0.1) is 0 Å². The van der Waals surface area contributed by atoms with Crippen molar-refractivity contribution < 1.29 is 28.6 Å². The van der Waals surface area contributed by atoms with E-state index in [4.69, 9.17) is 4.52 Å². The predicted molar refractivity (Wildman–Crippen MR) is 39.0 cm³/mol. The van der Waals surface area contributed by atoms with Crippen LogP contribution < -0.4 is 0 Å². The first-order chi connectivity index (χ1) is 4.04. The van der Waals surface area contributed by atoms with E-state index in [0.29, 0.717) is 0 Å². The normalized spacial score (nSPS) is 11.6. The molecule has 0 fully saturated rings. The summed E-state index contributed by atoms with van der Waals surface area (Å²) >= 11 is 0. The minimum absolute atomic E-state index is 0. The minimum atomic E-state index is -1.43. The standard InChI is InChI=1S/C6H14O2P.Zn/c1-5(2)8-9(7)6(3)4;/h5-6H,1-4H3;/q+1;. The Morgan fingerprint density at radius 1 is 1.20 bits per heavy atom. The summed E-state index contributed by atoms with van der Waals surface area (Å²) < 4.78 is 15.9. The average Bonchev–Trinajstić information content (AvgIpc) is 1.63. The monoisotopic (exact) mass is 213 g/mol. The average molecular weight is 215 g/mol. The van der Waals surface area contributed by atoms with Crippen molar-refractivity contribution in [3.8, 4) is 0 Å². The molecule has 0 N–H and O–H groups in total. The van der Waals surface area contributed by atoms with Gasteiger partial charge < -0.3 is 0 Å². The summed E-state index contributed by atoms with van der Waals surface area (Å²) in [5.74, 6) is 0. The van der Waals surface area contributed by atoms with Crippen LogP contribution in [0.15, 0.2) is 0 Å². The van der Waals surface area contributed by atoms with Gasteiger partial charge in [0.2, 0.25) is 0 Å². The molecule has 56 valence electrons. The quantitative estimate of drug-likeness (QED) is 0.533. The van der Waals surface area contributed by atoms with Crippen LogP contribution >= 0.6 is 8.03 Å². The molecule has 0 aromatic carbocycles. The zero-order valence-electron chi connectivity index (χ0n) is 7.13. The molecule has 0 aromatic heterocycles. The second-order valence-corrected chi connectivity index (χ2v) is 4.35. The first-order valence-corrected chi connectivity index (χ1v) is 4.42. The molecule has 0 amide bonds. The summed E-state index contributed by atoms with van der Waals surface area (Å²) in [4.78, 5) is 0. The maximum atomic E-state index is 10.9. The Kier molecular flexibility index (Phi) is 8.50. The van der Waals surface area contributed by atoms with Gasteiger partial charge in [-0.3, -0.25) is 0 Å². The van der Waals surface area contributed by atoms with Gasteiger partial charge in [0.1, 0.15) is 6.10 Å². The molecule has 0 heterocycles. The third-order valence-corrected chi connectivity index (χ3v) is 2.21. The van der Waals surface area contributed by atoms with Crippen LogP contribution in [0.5, 0.6) is 0 Å². The molecule has 0 aliphatic carbocycles. The van der Waals surface area contributed by atoms with Crippen molar-refractivity contribution in [2.75, 3.05) is 0 Å². The molecule has 0 aliphatic heterocycles. The summed E-state index contributed by atoms with van der Waals surface area (Å²) in [5.41, 5.74) is 0.141. The van der Waals surface area contributed by atoms with E-state index in [1.165, 1.54) is 0 Å². The van der Waals surface area contributed by atoms with Crippen LogP contribution in [0, 0.1) is 0 Å². The van der Waals surface area contributed by atoms with Gasteiger partial charge in [0, 0.05) is 19.5 Å². The molecule has 0 saturated carbocycles. The molecule has 0 aromatic rings. The molecule has 0 saturated heterocycles. The molecule has 1 unspecified atom stereocenters. The van der Waals surface area contributed by atoms with Crippen molar-refractivity contribution in [3.63, 3.8) is 0 Å². The Morgan fingerprint density at radius 3 is 1.70 bits per heavy atom. The van der Waals surface area contributed by atoms with E-state index in [9.17, 15) is 4.57 Å². The summed E-state index contributed by atoms with van der Waals surface area (Å²) in [6, 6.07) is 0. The summed E-state index contributed by atoms with van der Waals surface area (Å²) in [6.45, 7) is 7.55. The molecular weight excluding hydrogens is 200 g/mol. The van der Waals surface area contributed by atoms with Gasteiger partial charge in [0.25, 0.3) is 0 Å². The minimum Gasteiger partial charge on any atom is -0.143 e. The number of rotatable bonds is 3. The molecule has 0 spiro atoms. The third-order valence-electron chi connectivity index (χ3n) is 0.736. The van der Waals surface area contributed by atoms with E-state index in [0.717, 1.165) is 0 Å². The number of hydrogen-bond donors (Lipinski definition) is 0. The van der Waals surface area contributed by atoms with E-state index >= 15 is 0 Å². The van der Waals surface area contributed by atoms with Crippen LogP contribution in [-0.4, -0.2) is 11.8 Å². The van der Waals surface area contributed by atoms with Gasteiger partial charge in [0.15, 0.2) is 5.66 Å². The van der Waals surface area contributed by atoms with Crippen molar-refractivity contribution >= 4 is 8.03 Å². The third kappa shape index (κ3) is 6.80. The first-order valence-electron chi connectivity index (χ1n) is 3.17. The first kappa shape index (κ1) is 13.3. The Morgan fingerprint density at radius 2 is 1.60 bits per heavy atom. The van der Waals surface area contributed by atoms with Crippen molar-refractivity contribution in [1.82, 2.24) is 0 Å². The Balaban J connectivity index is 0. The van der Waals surface area contributed by atoms with Crippen LogP contribution in [0.1, 0.15) is 27.7 Å². The van der Waals surface area contributed by atoms with Crippen molar-refractivity contribution in [1.29, 1.82) is 0 Å². The van der Waals surface area contributed by atoms with E-state index in [1.807, 2.05) is 27.7 Å². The zero-order chi connectivity index (χ0) is 7.44. The van der Waals surface area contributed by atoms with Crippen LogP contribution in [0.3, 0.4) is 0 Å². The van der Waals surface area contributed by atoms with Gasteiger partial charge >= 0.3 is 8.03 Å². The topological polar surface area (TPSA) is 26.3 Å². The van der Waals surface area contributed by atoms with Crippen molar-refractivity contribution in [2.24, 2.45) is 0 Å². The van der Waals surface area contributed by atoms with E-state index in [-0.39, 0.29) is 31.2 Å². The van der Waals surface area contributed by atoms with Crippen LogP contribution in [-0.2, 0) is 28.6 Å². The van der Waals surface area contributed by atoms with Crippen molar-refractivity contribution in [3.05, 3.63) is 0 Å². The smallest absolute Gasteiger partial charge is 0.143 e. The summed E-state index contributed by atoms with van der Waals surface area (Å²) in [6.07, 6.45) is 0.0796. The van der Waals surface area contributed by atoms with Gasteiger partial charge in [-0.2, -0.15) is 0 Å². The number of hydrogen-bond acceptors (Lipinski definition) is 2. The van der Waals surface area contributed by atoms with Gasteiger partial charge in [-0.05, 0) is 32.3 Å². The fraction of sp³-hybridized carbons (Fsp3) is 1.00. The van der Waals surface area contributed by atoms with Crippen LogP contribution in [0.4, 0.5) is 0 Å². The van der Waals surface area contributed by atoms with E-state index < -0.39 is 8.03 Å². The fourth-order valence-electron chi connectivity index (χ4n) is 0.329. The van der Waals surface area contributed by atoms with Crippen molar-refractivity contribution in [2.45, 2.75) is 39.5 Å². The molecule has 10 heavy (non-hydrogen) atoms. The van der Waals surface area contributed by atoms with E-state index in [2.05, 4.69) is 0 Å². The maximum Gasteiger partial charge on any atom is 0.510 e. The summed E-state index contributed by atoms with van der Waals surface area (Å²) in [7, 11) is -1.43. The zero-order valence-corrected chi connectivity index (χ0v) is 11.0. The SMILES string of the molecule is CC(C)O[P+](=O)C(C)C.[Zn]. The summed E-state index contributed by atoms with van der Waals surface area (Å²) in [5, 5.41) is 0. The van der Waals surface area contributed by atoms with E-state index in [1.54, 1.807) is 0 Å². The molecule has 0 radical (unpaired) electrons. The molecule has 1 atom stereocenters. The van der Waals surface area contributed by atoms with Gasteiger partial charge in [-0.1, -0.05) is 0 Å². The van der Waals surface area contributed by atoms with Crippen LogP contribution in [0.2, 0.25) is 0 Å². The maximum absolute atomic E-state index is 10.9. The molecule has 0 bridgehead atoms. The van der Waals surface area contributed by atoms with Crippen LogP contribution in [0.25, 0.3) is 0 Å².